The third-order valence-corrected chi connectivity index (χ3v) is 8.36. The normalized spacial score (nSPS) is 21.3. The molecule has 0 saturated heterocycles. The third kappa shape index (κ3) is 3.66. The lowest BCUT2D eigenvalue weighted by atomic mass is 9.59. The zero-order valence-corrected chi connectivity index (χ0v) is 18.4. The first kappa shape index (κ1) is 20.3. The lowest BCUT2D eigenvalue weighted by Gasteiger charge is -2.45. The Morgan fingerprint density at radius 2 is 1.42 bits per heavy atom. The number of hydrogen-bond acceptors (Lipinski definition) is 3. The van der Waals surface area contributed by atoms with Crippen LogP contribution in [0.25, 0.3) is 0 Å². The highest BCUT2D eigenvalue weighted by atomic mass is 35.5. The fourth-order valence-electron chi connectivity index (χ4n) is 5.15. The Morgan fingerprint density at radius 1 is 0.871 bits per heavy atom. The molecule has 3 aliphatic rings. The van der Waals surface area contributed by atoms with E-state index in [1.807, 2.05) is 0 Å². The topological polar surface area (TPSA) is 63.2 Å². The molecule has 1 atom stereocenters. The molecular weight excluding hydrogens is 430 g/mol. The van der Waals surface area contributed by atoms with Crippen LogP contribution in [0.3, 0.4) is 0 Å². The molecule has 0 spiro atoms. The van der Waals surface area contributed by atoms with Crippen molar-refractivity contribution in [3.05, 3.63) is 100 Å². The zero-order chi connectivity index (χ0) is 21.6. The minimum Gasteiger partial charge on any atom is -0.355 e. The summed E-state index contributed by atoms with van der Waals surface area (Å²) >= 11 is 5.83. The SMILES string of the molecule is O=C(CS(=O)(=O)c1ccc(Cl)cc1)NCC1CC2c3ccccc3C1c1ccccc12. The highest BCUT2D eigenvalue weighted by Crippen LogP contribution is 2.55. The van der Waals surface area contributed by atoms with Crippen LogP contribution in [0.15, 0.2) is 77.7 Å². The lowest BCUT2D eigenvalue weighted by Crippen LogP contribution is -2.40. The van der Waals surface area contributed by atoms with Gasteiger partial charge in [0.2, 0.25) is 5.91 Å². The molecule has 31 heavy (non-hydrogen) atoms. The van der Waals surface area contributed by atoms with Crippen molar-refractivity contribution in [2.24, 2.45) is 5.92 Å². The third-order valence-electron chi connectivity index (χ3n) is 6.48. The summed E-state index contributed by atoms with van der Waals surface area (Å²) in [5.74, 6) is -0.277. The molecular formula is C25H22ClNO3S. The second-order valence-electron chi connectivity index (χ2n) is 8.30. The fourth-order valence-corrected chi connectivity index (χ4v) is 6.44. The Kier molecular flexibility index (Phi) is 5.11. The summed E-state index contributed by atoms with van der Waals surface area (Å²) in [5.41, 5.74) is 5.40. The standard InChI is InChI=1S/C25H22ClNO3S/c26-17-9-11-18(12-10-17)31(29,30)15-24(28)27-14-16-13-23-19-5-1-3-7-21(19)25(16)22-8-4-2-6-20(22)23/h1-12,16,23,25H,13-15H2,(H,27,28). The number of hydrogen-bond donors (Lipinski definition) is 1. The van der Waals surface area contributed by atoms with Gasteiger partial charge in [-0.3, -0.25) is 4.79 Å². The molecule has 1 unspecified atom stereocenters. The maximum atomic E-state index is 12.6. The van der Waals surface area contributed by atoms with E-state index in [0.29, 0.717) is 17.5 Å². The van der Waals surface area contributed by atoms with E-state index in [-0.39, 0.29) is 16.7 Å². The van der Waals surface area contributed by atoms with Crippen LogP contribution in [0.4, 0.5) is 0 Å². The van der Waals surface area contributed by atoms with Crippen molar-refractivity contribution >= 4 is 27.3 Å². The van der Waals surface area contributed by atoms with E-state index >= 15 is 0 Å². The molecule has 3 aromatic rings. The van der Waals surface area contributed by atoms with Gasteiger partial charge in [-0.2, -0.15) is 0 Å². The maximum Gasteiger partial charge on any atom is 0.235 e. The van der Waals surface area contributed by atoms with E-state index in [1.165, 1.54) is 46.5 Å². The van der Waals surface area contributed by atoms with Crippen LogP contribution in [-0.4, -0.2) is 26.6 Å². The molecule has 3 aromatic carbocycles. The van der Waals surface area contributed by atoms with E-state index in [9.17, 15) is 13.2 Å². The number of rotatable bonds is 5. The van der Waals surface area contributed by atoms with Gasteiger partial charge in [-0.25, -0.2) is 8.42 Å². The van der Waals surface area contributed by atoms with Gasteiger partial charge in [-0.15, -0.1) is 0 Å². The Bertz CT molecular complexity index is 1210. The molecule has 0 fully saturated rings. The number of carbonyl (C=O) groups excluding carboxylic acids is 1. The number of carbonyl (C=O) groups is 1. The number of fused-ring (bicyclic) bond motifs is 1. The Balaban J connectivity index is 1.33. The van der Waals surface area contributed by atoms with E-state index in [4.69, 9.17) is 11.6 Å². The van der Waals surface area contributed by atoms with Crippen LogP contribution in [0.2, 0.25) is 5.02 Å². The summed E-state index contributed by atoms with van der Waals surface area (Å²) in [6, 6.07) is 23.0. The molecule has 2 bridgehead atoms. The van der Waals surface area contributed by atoms with Gasteiger partial charge in [0.05, 0.1) is 4.90 Å². The Hall–Kier alpha value is -2.63. The molecule has 1 amide bonds. The van der Waals surface area contributed by atoms with Crippen molar-refractivity contribution in [2.75, 3.05) is 12.3 Å². The quantitative estimate of drug-likeness (QED) is 0.620. The lowest BCUT2D eigenvalue weighted by molar-refractivity contribution is -0.118. The molecule has 0 aliphatic heterocycles. The van der Waals surface area contributed by atoms with Gasteiger partial charge in [0, 0.05) is 23.4 Å². The maximum absolute atomic E-state index is 12.6. The first-order valence-corrected chi connectivity index (χ1v) is 12.4. The highest BCUT2D eigenvalue weighted by Gasteiger charge is 2.42. The number of amides is 1. The van der Waals surface area contributed by atoms with Crippen LogP contribution in [0.5, 0.6) is 0 Å². The monoisotopic (exact) mass is 451 g/mol. The molecule has 0 heterocycles. The van der Waals surface area contributed by atoms with Gasteiger partial charge in [0.1, 0.15) is 5.75 Å². The number of sulfone groups is 1. The van der Waals surface area contributed by atoms with Gasteiger partial charge in [0.25, 0.3) is 0 Å². The van der Waals surface area contributed by atoms with Crippen LogP contribution in [-0.2, 0) is 14.6 Å². The van der Waals surface area contributed by atoms with Crippen LogP contribution >= 0.6 is 11.6 Å². The van der Waals surface area contributed by atoms with Crippen LogP contribution in [0.1, 0.15) is 40.5 Å². The predicted molar refractivity (Wildman–Crippen MR) is 121 cm³/mol. The highest BCUT2D eigenvalue weighted by molar-refractivity contribution is 7.92. The molecule has 0 aromatic heterocycles. The minimum absolute atomic E-state index is 0.103. The van der Waals surface area contributed by atoms with Crippen molar-refractivity contribution in [1.29, 1.82) is 0 Å². The first-order valence-electron chi connectivity index (χ1n) is 10.4. The molecule has 158 valence electrons. The molecule has 3 aliphatic carbocycles. The van der Waals surface area contributed by atoms with Crippen molar-refractivity contribution < 1.29 is 13.2 Å². The van der Waals surface area contributed by atoms with Crippen molar-refractivity contribution in [3.8, 4) is 0 Å². The van der Waals surface area contributed by atoms with Crippen LogP contribution in [0, 0.1) is 5.92 Å². The van der Waals surface area contributed by atoms with Gasteiger partial charge in [0.15, 0.2) is 9.84 Å². The van der Waals surface area contributed by atoms with Gasteiger partial charge >= 0.3 is 0 Å². The summed E-state index contributed by atoms with van der Waals surface area (Å²) in [4.78, 5) is 12.6. The smallest absolute Gasteiger partial charge is 0.235 e. The Labute approximate surface area is 187 Å². The molecule has 6 rings (SSSR count). The summed E-state index contributed by atoms with van der Waals surface area (Å²) in [7, 11) is -3.71. The van der Waals surface area contributed by atoms with E-state index < -0.39 is 21.5 Å². The predicted octanol–water partition coefficient (Wildman–Crippen LogP) is 4.53. The minimum atomic E-state index is -3.71. The first-order chi connectivity index (χ1) is 14.9. The molecule has 4 nitrogen and oxygen atoms in total. The zero-order valence-electron chi connectivity index (χ0n) is 16.8. The summed E-state index contributed by atoms with van der Waals surface area (Å²) in [5, 5.41) is 3.35. The number of benzene rings is 3. The van der Waals surface area contributed by atoms with E-state index in [1.54, 1.807) is 0 Å². The van der Waals surface area contributed by atoms with Gasteiger partial charge in [-0.05, 0) is 58.9 Å². The molecule has 6 heteroatoms. The summed E-state index contributed by atoms with van der Waals surface area (Å²) in [6.07, 6.45) is 0.947. The number of nitrogens with one attached hydrogen (secondary N) is 1. The summed E-state index contributed by atoms with van der Waals surface area (Å²) < 4.78 is 25.1. The second-order valence-corrected chi connectivity index (χ2v) is 10.7. The van der Waals surface area contributed by atoms with E-state index in [0.717, 1.165) is 6.42 Å². The van der Waals surface area contributed by atoms with Gasteiger partial charge in [-0.1, -0.05) is 60.1 Å². The van der Waals surface area contributed by atoms with Gasteiger partial charge < -0.3 is 5.32 Å². The van der Waals surface area contributed by atoms with Crippen molar-refractivity contribution in [3.63, 3.8) is 0 Å². The molecule has 0 radical (unpaired) electrons. The Morgan fingerprint density at radius 3 is 2.00 bits per heavy atom. The number of halogens is 1. The van der Waals surface area contributed by atoms with Crippen molar-refractivity contribution in [2.45, 2.75) is 23.2 Å². The van der Waals surface area contributed by atoms with E-state index in [2.05, 4.69) is 53.8 Å². The average Bonchev–Trinajstić information content (AvgIpc) is 2.78. The fraction of sp³-hybridized carbons (Fsp3) is 0.240. The molecule has 1 N–H and O–H groups in total. The van der Waals surface area contributed by atoms with Crippen molar-refractivity contribution in [1.82, 2.24) is 5.32 Å². The largest absolute Gasteiger partial charge is 0.355 e. The summed E-state index contributed by atoms with van der Waals surface area (Å²) in [6.45, 7) is 0.457. The molecule has 0 saturated carbocycles. The van der Waals surface area contributed by atoms with Crippen LogP contribution < -0.4 is 5.32 Å². The average molecular weight is 452 g/mol. The second kappa shape index (κ2) is 7.81.